The Bertz CT molecular complexity index is 590. The number of hydrogen-bond acceptors (Lipinski definition) is 4. The number of amides is 1. The molecule has 1 rings (SSSR count). The van der Waals surface area contributed by atoms with E-state index in [2.05, 4.69) is 17.2 Å². The second-order valence-electron chi connectivity index (χ2n) is 3.80. The standard InChI is InChI=1S/C13H13ClN2O4/c1-9(17)15-6-4-3-5-10-7-12(16(18)19)13(20-2)8-11(10)14/h7-8H,4,6H2,1-2H3,(H,15,17). The lowest BCUT2D eigenvalue weighted by molar-refractivity contribution is -0.385. The van der Waals surface area contributed by atoms with Crippen molar-refractivity contribution in [3.05, 3.63) is 32.8 Å². The third kappa shape index (κ3) is 4.44. The Hall–Kier alpha value is -2.26. The molecular formula is C13H13ClN2O4. The third-order valence-corrected chi connectivity index (χ3v) is 2.62. The summed E-state index contributed by atoms with van der Waals surface area (Å²) in [4.78, 5) is 21.0. The zero-order valence-electron chi connectivity index (χ0n) is 11.0. The highest BCUT2D eigenvalue weighted by Crippen LogP contribution is 2.32. The van der Waals surface area contributed by atoms with Crippen LogP contribution in [-0.2, 0) is 4.79 Å². The lowest BCUT2D eigenvalue weighted by atomic mass is 10.2. The highest BCUT2D eigenvalue weighted by molar-refractivity contribution is 6.32. The molecule has 0 aliphatic heterocycles. The van der Waals surface area contributed by atoms with Crippen LogP contribution in [0.25, 0.3) is 0 Å². The van der Waals surface area contributed by atoms with Crippen molar-refractivity contribution in [2.45, 2.75) is 13.3 Å². The van der Waals surface area contributed by atoms with Gasteiger partial charge in [-0.1, -0.05) is 23.4 Å². The molecule has 0 aromatic heterocycles. The predicted octanol–water partition coefficient (Wildman–Crippen LogP) is 2.13. The van der Waals surface area contributed by atoms with Gasteiger partial charge in [0.15, 0.2) is 5.75 Å². The minimum atomic E-state index is -0.558. The number of nitro groups is 1. The van der Waals surface area contributed by atoms with Crippen molar-refractivity contribution < 1.29 is 14.5 Å². The number of methoxy groups -OCH3 is 1. The number of benzene rings is 1. The Morgan fingerprint density at radius 3 is 2.80 bits per heavy atom. The Balaban J connectivity index is 2.90. The van der Waals surface area contributed by atoms with E-state index in [-0.39, 0.29) is 22.4 Å². The molecule has 0 aliphatic carbocycles. The van der Waals surface area contributed by atoms with E-state index in [0.717, 1.165) is 0 Å². The number of nitrogens with zero attached hydrogens (tertiary/aromatic N) is 1. The van der Waals surface area contributed by atoms with E-state index in [1.807, 2.05) is 0 Å². The lowest BCUT2D eigenvalue weighted by Crippen LogP contribution is -2.20. The van der Waals surface area contributed by atoms with Crippen molar-refractivity contribution in [3.8, 4) is 17.6 Å². The van der Waals surface area contributed by atoms with Crippen LogP contribution in [0.5, 0.6) is 5.75 Å². The lowest BCUT2D eigenvalue weighted by Gasteiger charge is -2.03. The van der Waals surface area contributed by atoms with Crippen LogP contribution in [-0.4, -0.2) is 24.5 Å². The quantitative estimate of drug-likeness (QED) is 0.399. The maximum Gasteiger partial charge on any atom is 0.312 e. The van der Waals surface area contributed by atoms with Gasteiger partial charge < -0.3 is 10.1 Å². The van der Waals surface area contributed by atoms with Crippen LogP contribution in [0.2, 0.25) is 5.02 Å². The third-order valence-electron chi connectivity index (χ3n) is 2.31. The summed E-state index contributed by atoms with van der Waals surface area (Å²) < 4.78 is 4.89. The van der Waals surface area contributed by atoms with E-state index in [9.17, 15) is 14.9 Å². The van der Waals surface area contributed by atoms with Gasteiger partial charge in [-0.15, -0.1) is 0 Å². The number of hydrogen-bond donors (Lipinski definition) is 1. The van der Waals surface area contributed by atoms with Crippen LogP contribution >= 0.6 is 11.6 Å². The average Bonchev–Trinajstić information content (AvgIpc) is 2.38. The Morgan fingerprint density at radius 1 is 1.55 bits per heavy atom. The summed E-state index contributed by atoms with van der Waals surface area (Å²) in [5, 5.41) is 13.8. The first-order chi connectivity index (χ1) is 9.45. The van der Waals surface area contributed by atoms with Crippen LogP contribution in [0.1, 0.15) is 18.9 Å². The number of nitrogens with one attached hydrogen (secondary N) is 1. The van der Waals surface area contributed by atoms with Crippen LogP contribution in [0.4, 0.5) is 5.69 Å². The van der Waals surface area contributed by atoms with Gasteiger partial charge in [0.25, 0.3) is 0 Å². The van der Waals surface area contributed by atoms with Gasteiger partial charge in [-0.25, -0.2) is 0 Å². The minimum Gasteiger partial charge on any atom is -0.490 e. The van der Waals surface area contributed by atoms with Crippen molar-refractivity contribution in [1.82, 2.24) is 5.32 Å². The van der Waals surface area contributed by atoms with Gasteiger partial charge in [-0.05, 0) is 0 Å². The smallest absolute Gasteiger partial charge is 0.312 e. The van der Waals surface area contributed by atoms with E-state index in [4.69, 9.17) is 16.3 Å². The van der Waals surface area contributed by atoms with Crippen molar-refractivity contribution in [3.63, 3.8) is 0 Å². The fraction of sp³-hybridized carbons (Fsp3) is 0.308. The highest BCUT2D eigenvalue weighted by Gasteiger charge is 2.17. The van der Waals surface area contributed by atoms with Gasteiger partial charge in [0, 0.05) is 32.0 Å². The number of carbonyl (C=O) groups is 1. The summed E-state index contributed by atoms with van der Waals surface area (Å²) >= 11 is 5.97. The SMILES string of the molecule is COc1cc(Cl)c(C#CCCNC(C)=O)cc1[N+](=O)[O-]. The maximum atomic E-state index is 10.9. The Morgan fingerprint density at radius 2 is 2.25 bits per heavy atom. The molecule has 0 spiro atoms. The van der Waals surface area contributed by atoms with Gasteiger partial charge in [0.2, 0.25) is 5.91 Å². The highest BCUT2D eigenvalue weighted by atomic mass is 35.5. The van der Waals surface area contributed by atoms with Crippen LogP contribution in [0.15, 0.2) is 12.1 Å². The van der Waals surface area contributed by atoms with Crippen molar-refractivity contribution in [2.24, 2.45) is 0 Å². The van der Waals surface area contributed by atoms with Crippen LogP contribution in [0.3, 0.4) is 0 Å². The monoisotopic (exact) mass is 296 g/mol. The van der Waals surface area contributed by atoms with Gasteiger partial charge in [0.05, 0.1) is 22.6 Å². The molecule has 6 nitrogen and oxygen atoms in total. The van der Waals surface area contributed by atoms with Gasteiger partial charge >= 0.3 is 5.69 Å². The zero-order chi connectivity index (χ0) is 15.1. The topological polar surface area (TPSA) is 81.5 Å². The van der Waals surface area contributed by atoms with E-state index >= 15 is 0 Å². The fourth-order valence-corrected chi connectivity index (χ4v) is 1.61. The first kappa shape index (κ1) is 15.8. The van der Waals surface area contributed by atoms with Gasteiger partial charge in [0.1, 0.15) is 0 Å². The Kier molecular flexibility index (Phi) is 5.81. The summed E-state index contributed by atoms with van der Waals surface area (Å²) in [6, 6.07) is 2.63. The van der Waals surface area contributed by atoms with E-state index < -0.39 is 4.92 Å². The molecule has 0 fully saturated rings. The van der Waals surface area contributed by atoms with Crippen molar-refractivity contribution in [1.29, 1.82) is 0 Å². The summed E-state index contributed by atoms with van der Waals surface area (Å²) in [5.74, 6) is 5.48. The van der Waals surface area contributed by atoms with E-state index in [0.29, 0.717) is 18.5 Å². The molecule has 0 aliphatic rings. The Labute approximate surface area is 121 Å². The summed E-state index contributed by atoms with van der Waals surface area (Å²) in [5.41, 5.74) is 0.157. The number of ether oxygens (including phenoxy) is 1. The number of rotatable bonds is 4. The summed E-state index contributed by atoms with van der Waals surface area (Å²) in [7, 11) is 1.33. The molecule has 0 bridgehead atoms. The van der Waals surface area contributed by atoms with Gasteiger partial charge in [-0.2, -0.15) is 0 Å². The molecule has 1 aromatic rings. The molecule has 0 atom stereocenters. The summed E-state index contributed by atoms with van der Waals surface area (Å²) in [6.45, 7) is 1.83. The van der Waals surface area contributed by atoms with Gasteiger partial charge in [-0.3, -0.25) is 14.9 Å². The normalized spacial score (nSPS) is 9.35. The number of carbonyl (C=O) groups excluding carboxylic acids is 1. The molecule has 106 valence electrons. The maximum absolute atomic E-state index is 10.9. The first-order valence-corrected chi connectivity index (χ1v) is 6.08. The number of halogens is 1. The molecular weight excluding hydrogens is 284 g/mol. The first-order valence-electron chi connectivity index (χ1n) is 5.71. The molecule has 1 amide bonds. The molecule has 0 saturated carbocycles. The molecule has 1 aromatic carbocycles. The molecule has 0 heterocycles. The van der Waals surface area contributed by atoms with Crippen LogP contribution < -0.4 is 10.1 Å². The molecule has 0 radical (unpaired) electrons. The summed E-state index contributed by atoms with van der Waals surface area (Å²) in [6.07, 6.45) is 0.426. The van der Waals surface area contributed by atoms with E-state index in [1.54, 1.807) is 0 Å². The second kappa shape index (κ2) is 7.36. The second-order valence-corrected chi connectivity index (χ2v) is 4.20. The molecule has 20 heavy (non-hydrogen) atoms. The van der Waals surface area contributed by atoms with E-state index in [1.165, 1.54) is 26.2 Å². The molecule has 0 saturated heterocycles. The molecule has 0 unspecified atom stereocenters. The fourth-order valence-electron chi connectivity index (χ4n) is 1.40. The zero-order valence-corrected chi connectivity index (χ0v) is 11.8. The molecule has 1 N–H and O–H groups in total. The number of nitro benzene ring substituents is 1. The minimum absolute atomic E-state index is 0.0868. The average molecular weight is 297 g/mol. The predicted molar refractivity (Wildman–Crippen MR) is 74.8 cm³/mol. The van der Waals surface area contributed by atoms with Crippen molar-refractivity contribution in [2.75, 3.05) is 13.7 Å². The largest absolute Gasteiger partial charge is 0.490 e. The van der Waals surface area contributed by atoms with Crippen LogP contribution in [0, 0.1) is 22.0 Å². The van der Waals surface area contributed by atoms with Crippen molar-refractivity contribution >= 4 is 23.2 Å². The molecule has 7 heteroatoms.